The van der Waals surface area contributed by atoms with E-state index in [0.717, 1.165) is 0 Å². The fourth-order valence-corrected chi connectivity index (χ4v) is 5.65. The van der Waals surface area contributed by atoms with Crippen LogP contribution in [0.2, 0.25) is 5.02 Å². The van der Waals surface area contributed by atoms with Gasteiger partial charge in [-0.25, -0.2) is 8.42 Å². The number of rotatable bonds is 7. The van der Waals surface area contributed by atoms with Crippen molar-refractivity contribution in [2.75, 3.05) is 38.7 Å². The summed E-state index contributed by atoms with van der Waals surface area (Å²) >= 11 is 11.4. The van der Waals surface area contributed by atoms with Gasteiger partial charge in [-0.3, -0.25) is 0 Å². The summed E-state index contributed by atoms with van der Waals surface area (Å²) in [6.45, 7) is 5.21. The number of methoxy groups -OCH3 is 1. The van der Waals surface area contributed by atoms with E-state index in [4.69, 9.17) is 33.3 Å². The lowest BCUT2D eigenvalue weighted by molar-refractivity contribution is 0.0730. The molecule has 1 aliphatic heterocycles. The zero-order valence-electron chi connectivity index (χ0n) is 19.3. The van der Waals surface area contributed by atoms with Crippen molar-refractivity contribution >= 4 is 61.2 Å². The third kappa shape index (κ3) is 5.22. The van der Waals surface area contributed by atoms with Gasteiger partial charge in [-0.1, -0.05) is 17.7 Å². The number of thiocarbonyl (C=S) groups is 1. The van der Waals surface area contributed by atoms with Gasteiger partial charge in [-0.15, -0.1) is 16.8 Å². The lowest BCUT2D eigenvalue weighted by Gasteiger charge is -2.26. The van der Waals surface area contributed by atoms with Gasteiger partial charge in [0.2, 0.25) is 21.0 Å². The van der Waals surface area contributed by atoms with Crippen LogP contribution in [-0.4, -0.2) is 60.9 Å². The van der Waals surface area contributed by atoms with E-state index in [2.05, 4.69) is 22.1 Å². The van der Waals surface area contributed by atoms with Gasteiger partial charge in [-0.05, 0) is 48.6 Å². The molecule has 0 amide bonds. The van der Waals surface area contributed by atoms with Crippen LogP contribution in [0.3, 0.4) is 0 Å². The Balaban J connectivity index is 1.68. The normalized spacial score (nSPS) is 14.8. The number of halogens is 1. The number of aromatic nitrogens is 1. The number of sulfonamides is 1. The van der Waals surface area contributed by atoms with Gasteiger partial charge >= 0.3 is 0 Å². The number of anilines is 1. The van der Waals surface area contributed by atoms with Crippen molar-refractivity contribution in [3.05, 3.63) is 54.1 Å². The van der Waals surface area contributed by atoms with Crippen LogP contribution >= 0.6 is 23.8 Å². The number of hydrogen-bond acceptors (Lipinski definition) is 7. The van der Waals surface area contributed by atoms with Crippen molar-refractivity contribution in [2.45, 2.75) is 11.4 Å². The highest BCUT2D eigenvalue weighted by molar-refractivity contribution is 7.89. The van der Waals surface area contributed by atoms with E-state index in [1.54, 1.807) is 34.9 Å². The quantitative estimate of drug-likeness (QED) is 0.249. The molecular formula is C23H24ClN5O5S2. The molecule has 36 heavy (non-hydrogen) atoms. The number of morpholine rings is 1. The summed E-state index contributed by atoms with van der Waals surface area (Å²) in [4.78, 5) is 0.0812. The van der Waals surface area contributed by atoms with Crippen LogP contribution in [-0.2, 0) is 21.3 Å². The SMILES string of the molecule is C=CCn1c(O)c(N=NC(=S)Nc2ccc(OC)c(Cl)c2)c2cc(S(=O)(=O)N3CCOCC3)ccc21. The molecular weight excluding hydrogens is 526 g/mol. The summed E-state index contributed by atoms with van der Waals surface area (Å²) in [5.74, 6) is 0.322. The summed E-state index contributed by atoms with van der Waals surface area (Å²) in [6.07, 6.45) is 1.61. The van der Waals surface area contributed by atoms with Crippen LogP contribution < -0.4 is 10.1 Å². The highest BCUT2D eigenvalue weighted by atomic mass is 35.5. The molecule has 10 nitrogen and oxygen atoms in total. The molecule has 0 saturated carbocycles. The first-order valence-corrected chi connectivity index (χ1v) is 13.1. The van der Waals surface area contributed by atoms with Crippen LogP contribution in [0.5, 0.6) is 11.6 Å². The standard InChI is InChI=1S/C23H24ClN5O5S2/c1-3-8-29-19-6-5-16(36(31,32)28-9-11-34-12-10-28)14-17(19)21(22(29)30)26-27-23(35)25-15-4-7-20(33-2)18(24)13-15/h3-7,13-14,30H,1,8-12H2,2H3,(H,25,35). The number of hydrogen-bond donors (Lipinski definition) is 2. The molecule has 1 saturated heterocycles. The van der Waals surface area contributed by atoms with Crippen LogP contribution in [0, 0.1) is 0 Å². The Morgan fingerprint density at radius 3 is 2.72 bits per heavy atom. The van der Waals surface area contributed by atoms with Crippen molar-refractivity contribution in [3.8, 4) is 11.6 Å². The van der Waals surface area contributed by atoms with E-state index in [0.29, 0.717) is 40.6 Å². The number of allylic oxidation sites excluding steroid dienone is 1. The van der Waals surface area contributed by atoms with E-state index < -0.39 is 10.0 Å². The molecule has 13 heteroatoms. The molecule has 2 aromatic carbocycles. The van der Waals surface area contributed by atoms with E-state index in [1.807, 2.05) is 0 Å². The molecule has 2 N–H and O–H groups in total. The van der Waals surface area contributed by atoms with Gasteiger partial charge in [0.1, 0.15) is 5.75 Å². The second-order valence-electron chi connectivity index (χ2n) is 7.75. The lowest BCUT2D eigenvalue weighted by Crippen LogP contribution is -2.40. The fraction of sp³-hybridized carbons (Fsp3) is 0.261. The molecule has 3 aromatic rings. The highest BCUT2D eigenvalue weighted by Gasteiger charge is 2.28. The molecule has 190 valence electrons. The zero-order chi connectivity index (χ0) is 25.9. The fourth-order valence-electron chi connectivity index (χ4n) is 3.80. The third-order valence-corrected chi connectivity index (χ3v) is 7.92. The minimum absolute atomic E-state index is 0.0114. The molecule has 4 rings (SSSR count). The van der Waals surface area contributed by atoms with Crippen molar-refractivity contribution in [1.29, 1.82) is 0 Å². The van der Waals surface area contributed by atoms with Crippen LogP contribution in [0.1, 0.15) is 0 Å². The molecule has 0 radical (unpaired) electrons. The molecule has 1 aromatic heterocycles. The summed E-state index contributed by atoms with van der Waals surface area (Å²) in [5, 5.41) is 22.8. The van der Waals surface area contributed by atoms with Crippen LogP contribution in [0.4, 0.5) is 11.4 Å². The summed E-state index contributed by atoms with van der Waals surface area (Å²) in [5.41, 5.74) is 1.23. The number of ether oxygens (including phenoxy) is 2. The Labute approximate surface area is 218 Å². The van der Waals surface area contributed by atoms with E-state index >= 15 is 0 Å². The van der Waals surface area contributed by atoms with Gasteiger partial charge in [0, 0.05) is 30.7 Å². The molecule has 2 heterocycles. The second-order valence-corrected chi connectivity index (χ2v) is 10.5. The predicted octanol–water partition coefficient (Wildman–Crippen LogP) is 4.70. The Bertz CT molecular complexity index is 1450. The van der Waals surface area contributed by atoms with Gasteiger partial charge in [-0.2, -0.15) is 4.31 Å². The van der Waals surface area contributed by atoms with E-state index in [-0.39, 0.29) is 41.2 Å². The lowest BCUT2D eigenvalue weighted by atomic mass is 10.2. The molecule has 0 unspecified atom stereocenters. The molecule has 0 bridgehead atoms. The van der Waals surface area contributed by atoms with Crippen LogP contribution in [0.25, 0.3) is 10.9 Å². The third-order valence-electron chi connectivity index (χ3n) is 5.54. The molecule has 1 fully saturated rings. The molecule has 0 atom stereocenters. The summed E-state index contributed by atoms with van der Waals surface area (Å²) in [7, 11) is -2.24. The maximum absolute atomic E-state index is 13.2. The van der Waals surface area contributed by atoms with Crippen molar-refractivity contribution < 1.29 is 23.0 Å². The maximum Gasteiger partial charge on any atom is 0.243 e. The van der Waals surface area contributed by atoms with Gasteiger partial charge in [0.15, 0.2) is 5.69 Å². The van der Waals surface area contributed by atoms with Gasteiger partial charge in [0.25, 0.3) is 0 Å². The average molecular weight is 550 g/mol. The number of aromatic hydroxyl groups is 1. The van der Waals surface area contributed by atoms with E-state index in [9.17, 15) is 13.5 Å². The summed E-state index contributed by atoms with van der Waals surface area (Å²) in [6, 6.07) is 9.62. The molecule has 0 spiro atoms. The van der Waals surface area contributed by atoms with Crippen molar-refractivity contribution in [3.63, 3.8) is 0 Å². The molecule has 1 aliphatic rings. The van der Waals surface area contributed by atoms with Gasteiger partial charge < -0.3 is 24.5 Å². The maximum atomic E-state index is 13.2. The van der Waals surface area contributed by atoms with Crippen molar-refractivity contribution in [1.82, 2.24) is 8.87 Å². The molecule has 0 aliphatic carbocycles. The number of nitrogens with one attached hydrogen (secondary N) is 1. The van der Waals surface area contributed by atoms with Crippen molar-refractivity contribution in [2.24, 2.45) is 10.2 Å². The first kappa shape index (κ1) is 26.0. The Hall–Kier alpha value is -3.03. The topological polar surface area (TPSA) is 118 Å². The number of nitrogens with zero attached hydrogens (tertiary/aromatic N) is 4. The van der Waals surface area contributed by atoms with Gasteiger partial charge in [0.05, 0.1) is 35.8 Å². The Morgan fingerprint density at radius 1 is 1.31 bits per heavy atom. The number of fused-ring (bicyclic) bond motifs is 1. The Morgan fingerprint density at radius 2 is 2.06 bits per heavy atom. The first-order valence-electron chi connectivity index (χ1n) is 10.9. The zero-order valence-corrected chi connectivity index (χ0v) is 21.7. The Kier molecular flexibility index (Phi) is 7.91. The largest absolute Gasteiger partial charge is 0.495 e. The number of benzene rings is 2. The minimum Gasteiger partial charge on any atom is -0.495 e. The minimum atomic E-state index is -3.76. The van der Waals surface area contributed by atoms with Crippen LogP contribution in [0.15, 0.2) is 64.2 Å². The smallest absolute Gasteiger partial charge is 0.243 e. The monoisotopic (exact) mass is 549 g/mol. The highest BCUT2D eigenvalue weighted by Crippen LogP contribution is 2.40. The van der Waals surface area contributed by atoms with E-state index in [1.165, 1.54) is 23.5 Å². The first-order chi connectivity index (χ1) is 17.3. The second kappa shape index (κ2) is 10.9. The summed E-state index contributed by atoms with van der Waals surface area (Å²) < 4.78 is 39.7. The predicted molar refractivity (Wildman–Crippen MR) is 142 cm³/mol. The average Bonchev–Trinajstić information content (AvgIpc) is 3.13. The number of azo groups is 1.